The molecule has 5 nitrogen and oxygen atoms in total. The first-order chi connectivity index (χ1) is 13.3. The second kappa shape index (κ2) is 7.92. The van der Waals surface area contributed by atoms with Gasteiger partial charge in [0.1, 0.15) is 11.7 Å². The summed E-state index contributed by atoms with van der Waals surface area (Å²) in [6.07, 6.45) is 0.340. The van der Waals surface area contributed by atoms with Gasteiger partial charge in [0, 0.05) is 11.4 Å². The summed E-state index contributed by atoms with van der Waals surface area (Å²) >= 11 is 0. The highest BCUT2D eigenvalue weighted by molar-refractivity contribution is 5.93. The predicted molar refractivity (Wildman–Crippen MR) is 97.4 cm³/mol. The number of rotatable bonds is 4. The van der Waals surface area contributed by atoms with E-state index in [9.17, 15) is 22.8 Å². The second-order valence-electron chi connectivity index (χ2n) is 6.49. The van der Waals surface area contributed by atoms with Gasteiger partial charge in [0.15, 0.2) is 0 Å². The zero-order chi connectivity index (χ0) is 20.3. The molecule has 1 amide bonds. The van der Waals surface area contributed by atoms with E-state index in [4.69, 9.17) is 4.74 Å². The first-order valence-electron chi connectivity index (χ1n) is 8.76. The molecule has 1 aliphatic rings. The van der Waals surface area contributed by atoms with E-state index in [1.807, 2.05) is 6.08 Å². The van der Waals surface area contributed by atoms with Gasteiger partial charge < -0.3 is 10.1 Å². The number of carbonyl (C=O) groups excluding carboxylic acids is 1. The number of ether oxygens (including phenoxy) is 1. The summed E-state index contributed by atoms with van der Waals surface area (Å²) in [7, 11) is 0. The third kappa shape index (κ3) is 4.27. The van der Waals surface area contributed by atoms with Crippen LogP contribution in [0.2, 0.25) is 0 Å². The van der Waals surface area contributed by atoms with Gasteiger partial charge in [-0.2, -0.15) is 13.2 Å². The van der Waals surface area contributed by atoms with E-state index in [0.717, 1.165) is 29.5 Å². The SMILES string of the molecule is Cc1ccc(C(=O)NCC2CCC=CO2)c(=O)n1-c1cccc(C(F)(F)F)c1. The summed E-state index contributed by atoms with van der Waals surface area (Å²) in [6.45, 7) is 1.82. The van der Waals surface area contributed by atoms with E-state index in [1.165, 1.54) is 24.3 Å². The van der Waals surface area contributed by atoms with Crippen LogP contribution in [0, 0.1) is 6.92 Å². The van der Waals surface area contributed by atoms with Crippen molar-refractivity contribution in [3.63, 3.8) is 0 Å². The van der Waals surface area contributed by atoms with Crippen molar-refractivity contribution in [1.29, 1.82) is 0 Å². The third-order valence-corrected chi connectivity index (χ3v) is 4.47. The maximum absolute atomic E-state index is 13.0. The van der Waals surface area contributed by atoms with Crippen molar-refractivity contribution in [3.8, 4) is 5.69 Å². The molecule has 0 saturated heterocycles. The molecule has 1 aromatic carbocycles. The molecule has 28 heavy (non-hydrogen) atoms. The Morgan fingerprint density at radius 3 is 2.75 bits per heavy atom. The quantitative estimate of drug-likeness (QED) is 0.865. The van der Waals surface area contributed by atoms with Gasteiger partial charge in [-0.25, -0.2) is 0 Å². The Morgan fingerprint density at radius 1 is 1.29 bits per heavy atom. The number of hydrogen-bond acceptors (Lipinski definition) is 3. The topological polar surface area (TPSA) is 60.3 Å². The maximum atomic E-state index is 13.0. The van der Waals surface area contributed by atoms with Crippen LogP contribution in [0.4, 0.5) is 13.2 Å². The van der Waals surface area contributed by atoms with Gasteiger partial charge in [-0.1, -0.05) is 6.07 Å². The molecule has 0 spiro atoms. The number of halogens is 3. The molecule has 1 aromatic heterocycles. The number of alkyl halides is 3. The summed E-state index contributed by atoms with van der Waals surface area (Å²) in [4.78, 5) is 25.3. The smallest absolute Gasteiger partial charge is 0.416 e. The number of benzene rings is 1. The van der Waals surface area contributed by atoms with E-state index in [1.54, 1.807) is 13.2 Å². The molecule has 1 N–H and O–H groups in total. The van der Waals surface area contributed by atoms with Crippen molar-refractivity contribution in [2.24, 2.45) is 0 Å². The number of nitrogens with one attached hydrogen (secondary N) is 1. The van der Waals surface area contributed by atoms with E-state index >= 15 is 0 Å². The molecule has 148 valence electrons. The molecule has 0 bridgehead atoms. The number of aryl methyl sites for hydroxylation is 1. The lowest BCUT2D eigenvalue weighted by Crippen LogP contribution is -2.37. The lowest BCUT2D eigenvalue weighted by Gasteiger charge is -2.20. The summed E-state index contributed by atoms with van der Waals surface area (Å²) < 4.78 is 45.5. The number of hydrogen-bond donors (Lipinski definition) is 1. The molecule has 1 unspecified atom stereocenters. The van der Waals surface area contributed by atoms with Crippen molar-refractivity contribution < 1.29 is 22.7 Å². The van der Waals surface area contributed by atoms with E-state index < -0.39 is 23.2 Å². The minimum Gasteiger partial charge on any atom is -0.497 e. The van der Waals surface area contributed by atoms with Crippen LogP contribution in [0.5, 0.6) is 0 Å². The van der Waals surface area contributed by atoms with Crippen molar-refractivity contribution in [2.75, 3.05) is 6.54 Å². The van der Waals surface area contributed by atoms with Crippen molar-refractivity contribution in [1.82, 2.24) is 9.88 Å². The highest BCUT2D eigenvalue weighted by Gasteiger charge is 2.30. The molecule has 0 saturated carbocycles. The highest BCUT2D eigenvalue weighted by Crippen LogP contribution is 2.30. The monoisotopic (exact) mass is 392 g/mol. The maximum Gasteiger partial charge on any atom is 0.416 e. The fraction of sp³-hybridized carbons (Fsp3) is 0.300. The van der Waals surface area contributed by atoms with E-state index in [2.05, 4.69) is 5.32 Å². The van der Waals surface area contributed by atoms with Gasteiger partial charge in [-0.3, -0.25) is 14.2 Å². The van der Waals surface area contributed by atoms with Crippen LogP contribution in [0.3, 0.4) is 0 Å². The summed E-state index contributed by atoms with van der Waals surface area (Å²) in [5, 5.41) is 2.65. The van der Waals surface area contributed by atoms with Crippen LogP contribution in [0.1, 0.15) is 34.5 Å². The number of allylic oxidation sites excluding steroid dienone is 1. The molecular weight excluding hydrogens is 373 g/mol. The van der Waals surface area contributed by atoms with Crippen molar-refractivity contribution in [3.05, 3.63) is 75.9 Å². The number of amides is 1. The number of pyridine rings is 1. The third-order valence-electron chi connectivity index (χ3n) is 4.47. The average molecular weight is 392 g/mol. The Morgan fingerprint density at radius 2 is 2.07 bits per heavy atom. The lowest BCUT2D eigenvalue weighted by atomic mass is 10.1. The Bertz CT molecular complexity index is 964. The van der Waals surface area contributed by atoms with Crippen LogP contribution in [0.15, 0.2) is 53.5 Å². The summed E-state index contributed by atoms with van der Waals surface area (Å²) in [5.41, 5.74) is -1.22. The zero-order valence-electron chi connectivity index (χ0n) is 15.1. The second-order valence-corrected chi connectivity index (χ2v) is 6.49. The first-order valence-corrected chi connectivity index (χ1v) is 8.76. The fourth-order valence-electron chi connectivity index (χ4n) is 2.98. The Balaban J connectivity index is 1.89. The van der Waals surface area contributed by atoms with Crippen LogP contribution in [0.25, 0.3) is 5.69 Å². The van der Waals surface area contributed by atoms with Gasteiger partial charge in [0.2, 0.25) is 0 Å². The molecule has 8 heteroatoms. The van der Waals surface area contributed by atoms with Crippen molar-refractivity contribution >= 4 is 5.91 Å². The van der Waals surface area contributed by atoms with E-state index in [-0.39, 0.29) is 23.9 Å². The minimum absolute atomic E-state index is 0.0488. The van der Waals surface area contributed by atoms with Gasteiger partial charge in [-0.05, 0) is 56.2 Å². The first kappa shape index (κ1) is 19.7. The molecule has 1 atom stereocenters. The number of carbonyl (C=O) groups is 1. The summed E-state index contributed by atoms with van der Waals surface area (Å²) in [6, 6.07) is 7.34. The normalized spacial score (nSPS) is 16.5. The van der Waals surface area contributed by atoms with Crippen LogP contribution in [-0.2, 0) is 10.9 Å². The molecule has 1 aliphatic heterocycles. The number of nitrogens with zero attached hydrogens (tertiary/aromatic N) is 1. The average Bonchev–Trinajstić information content (AvgIpc) is 2.67. The molecule has 0 radical (unpaired) electrons. The van der Waals surface area contributed by atoms with Crippen molar-refractivity contribution in [2.45, 2.75) is 32.0 Å². The summed E-state index contributed by atoms with van der Waals surface area (Å²) in [5.74, 6) is -0.594. The van der Waals surface area contributed by atoms with Crippen LogP contribution < -0.4 is 10.9 Å². The van der Waals surface area contributed by atoms with E-state index in [0.29, 0.717) is 5.69 Å². The minimum atomic E-state index is -4.53. The van der Waals surface area contributed by atoms with Gasteiger partial charge >= 0.3 is 6.18 Å². The van der Waals surface area contributed by atoms with Crippen LogP contribution >= 0.6 is 0 Å². The standard InChI is InChI=1S/C20H19F3N2O3/c1-13-8-9-17(18(26)24-12-16-7-2-3-10-28-16)19(27)25(13)15-6-4-5-14(11-15)20(21,22)23/h3-6,8-11,16H,2,7,12H2,1H3,(H,24,26). The van der Waals surface area contributed by atoms with Crippen LogP contribution in [-0.4, -0.2) is 23.1 Å². The molecule has 2 heterocycles. The lowest BCUT2D eigenvalue weighted by molar-refractivity contribution is -0.137. The number of aromatic nitrogens is 1. The molecule has 0 aliphatic carbocycles. The largest absolute Gasteiger partial charge is 0.497 e. The zero-order valence-corrected chi connectivity index (χ0v) is 15.1. The Kier molecular flexibility index (Phi) is 5.58. The molecule has 0 fully saturated rings. The molecular formula is C20H19F3N2O3. The van der Waals surface area contributed by atoms with Gasteiger partial charge in [0.05, 0.1) is 18.4 Å². The Labute approximate surface area is 159 Å². The van der Waals surface area contributed by atoms with Gasteiger partial charge in [-0.15, -0.1) is 0 Å². The molecule has 2 aromatic rings. The predicted octanol–water partition coefficient (Wildman–Crippen LogP) is 3.59. The Hall–Kier alpha value is -3.03. The van der Waals surface area contributed by atoms with Gasteiger partial charge in [0.25, 0.3) is 11.5 Å². The highest BCUT2D eigenvalue weighted by atomic mass is 19.4. The molecule has 3 rings (SSSR count). The fourth-order valence-corrected chi connectivity index (χ4v) is 2.98.